The summed E-state index contributed by atoms with van der Waals surface area (Å²) < 4.78 is 16.4. The Labute approximate surface area is 197 Å². The monoisotopic (exact) mass is 465 g/mol. The molecule has 1 saturated heterocycles. The summed E-state index contributed by atoms with van der Waals surface area (Å²) in [5.41, 5.74) is 1.76. The van der Waals surface area contributed by atoms with Crippen LogP contribution in [0, 0.1) is 5.82 Å². The van der Waals surface area contributed by atoms with E-state index in [0.717, 1.165) is 39.0 Å². The number of hydrogen-bond donors (Lipinski definition) is 0. The lowest BCUT2D eigenvalue weighted by molar-refractivity contribution is -0.130. The number of carbonyl (C=O) groups is 1. The van der Waals surface area contributed by atoms with Crippen LogP contribution in [0.2, 0.25) is 0 Å². The third kappa shape index (κ3) is 4.82. The Bertz CT molecular complexity index is 1110. The molecule has 2 aromatic carbocycles. The van der Waals surface area contributed by atoms with E-state index in [1.807, 2.05) is 15.5 Å². The van der Waals surface area contributed by atoms with Gasteiger partial charge in [-0.25, -0.2) is 4.39 Å². The first-order valence-electron chi connectivity index (χ1n) is 11.5. The van der Waals surface area contributed by atoms with Gasteiger partial charge in [-0.1, -0.05) is 54.2 Å². The number of aromatic nitrogens is 3. The van der Waals surface area contributed by atoms with Gasteiger partial charge >= 0.3 is 0 Å². The number of nitrogens with zero attached hydrogens (tertiary/aromatic N) is 5. The molecule has 6 nitrogen and oxygen atoms in total. The molecular weight excluding hydrogens is 437 g/mol. The first-order chi connectivity index (χ1) is 16.1. The second-order valence-corrected chi connectivity index (χ2v) is 9.62. The van der Waals surface area contributed by atoms with Crippen LogP contribution in [0.25, 0.3) is 11.4 Å². The molecule has 2 heterocycles. The highest BCUT2D eigenvalue weighted by Gasteiger charge is 2.32. The zero-order valence-electron chi connectivity index (χ0n) is 18.7. The molecule has 1 amide bonds. The van der Waals surface area contributed by atoms with E-state index in [0.29, 0.717) is 28.3 Å². The minimum atomic E-state index is -0.304. The molecule has 1 saturated carbocycles. The number of piperazine rings is 1. The molecular formula is C25H28FN5OS. The number of hydrogen-bond acceptors (Lipinski definition) is 5. The zero-order valence-corrected chi connectivity index (χ0v) is 19.5. The standard InChI is InChI=1S/C25H28FN5OS/c1-18(19-7-3-2-4-8-19)29-13-15-30(16-14-29)23(32)17-33-25-28-27-24(31(25)20-11-12-20)21-9-5-6-10-22(21)26/h2-10,18,20H,11-17H2,1H3/t18-/m0/s1. The third-order valence-corrected chi connectivity index (χ3v) is 7.44. The molecule has 3 aromatic rings. The van der Waals surface area contributed by atoms with Crippen molar-refractivity contribution in [2.45, 2.75) is 37.0 Å². The van der Waals surface area contributed by atoms with E-state index in [1.54, 1.807) is 18.2 Å². The summed E-state index contributed by atoms with van der Waals surface area (Å²) >= 11 is 1.40. The number of benzene rings is 2. The molecule has 0 unspecified atom stereocenters. The van der Waals surface area contributed by atoms with Crippen LogP contribution >= 0.6 is 11.8 Å². The van der Waals surface area contributed by atoms with Crippen LogP contribution in [0.5, 0.6) is 0 Å². The minimum absolute atomic E-state index is 0.116. The molecule has 8 heteroatoms. The smallest absolute Gasteiger partial charge is 0.233 e. The van der Waals surface area contributed by atoms with Crippen molar-refractivity contribution in [1.82, 2.24) is 24.6 Å². The first-order valence-corrected chi connectivity index (χ1v) is 12.5. The zero-order chi connectivity index (χ0) is 22.8. The Kier molecular flexibility index (Phi) is 6.46. The topological polar surface area (TPSA) is 54.3 Å². The van der Waals surface area contributed by atoms with Crippen molar-refractivity contribution in [3.8, 4) is 11.4 Å². The van der Waals surface area contributed by atoms with E-state index in [-0.39, 0.29) is 17.8 Å². The molecule has 0 bridgehead atoms. The van der Waals surface area contributed by atoms with Crippen molar-refractivity contribution in [3.63, 3.8) is 0 Å². The predicted molar refractivity (Wildman–Crippen MR) is 127 cm³/mol. The fourth-order valence-corrected chi connectivity index (χ4v) is 5.29. The van der Waals surface area contributed by atoms with E-state index >= 15 is 0 Å². The fourth-order valence-electron chi connectivity index (χ4n) is 4.38. The molecule has 0 N–H and O–H groups in total. The molecule has 172 valence electrons. The fraction of sp³-hybridized carbons (Fsp3) is 0.400. The summed E-state index contributed by atoms with van der Waals surface area (Å²) in [7, 11) is 0. The summed E-state index contributed by atoms with van der Waals surface area (Å²) in [4.78, 5) is 17.3. The summed E-state index contributed by atoms with van der Waals surface area (Å²) in [6, 6.07) is 17.8. The molecule has 5 rings (SSSR count). The highest BCUT2D eigenvalue weighted by atomic mass is 32.2. The Morgan fingerprint density at radius 2 is 1.73 bits per heavy atom. The number of rotatable bonds is 7. The summed E-state index contributed by atoms with van der Waals surface area (Å²) in [5, 5.41) is 9.28. The molecule has 1 aliphatic heterocycles. The van der Waals surface area contributed by atoms with E-state index in [2.05, 4.69) is 46.3 Å². The molecule has 0 spiro atoms. The van der Waals surface area contributed by atoms with Gasteiger partial charge in [-0.3, -0.25) is 14.3 Å². The number of halogens is 1. The van der Waals surface area contributed by atoms with E-state index in [4.69, 9.17) is 0 Å². The Morgan fingerprint density at radius 1 is 1.03 bits per heavy atom. The van der Waals surface area contributed by atoms with E-state index in [9.17, 15) is 9.18 Å². The average Bonchev–Trinajstić information content (AvgIpc) is 3.62. The van der Waals surface area contributed by atoms with Crippen molar-refractivity contribution in [2.75, 3.05) is 31.9 Å². The quantitative estimate of drug-likeness (QED) is 0.484. The second kappa shape index (κ2) is 9.65. The van der Waals surface area contributed by atoms with Crippen molar-refractivity contribution in [2.24, 2.45) is 0 Å². The average molecular weight is 466 g/mol. The molecule has 2 fully saturated rings. The molecule has 1 aromatic heterocycles. The number of thioether (sulfide) groups is 1. The maximum atomic E-state index is 14.3. The van der Waals surface area contributed by atoms with Crippen LogP contribution < -0.4 is 0 Å². The molecule has 33 heavy (non-hydrogen) atoms. The highest BCUT2D eigenvalue weighted by molar-refractivity contribution is 7.99. The van der Waals surface area contributed by atoms with Gasteiger partial charge in [0.1, 0.15) is 5.82 Å². The maximum absolute atomic E-state index is 14.3. The van der Waals surface area contributed by atoms with Crippen LogP contribution in [0.4, 0.5) is 4.39 Å². The van der Waals surface area contributed by atoms with Gasteiger partial charge in [-0.2, -0.15) is 0 Å². The summed E-state index contributed by atoms with van der Waals surface area (Å²) in [6.07, 6.45) is 2.06. The van der Waals surface area contributed by atoms with Gasteiger partial charge in [-0.15, -0.1) is 10.2 Å². The van der Waals surface area contributed by atoms with Crippen molar-refractivity contribution in [1.29, 1.82) is 0 Å². The third-order valence-electron chi connectivity index (χ3n) is 6.51. The SMILES string of the molecule is C[C@@H](c1ccccc1)N1CCN(C(=O)CSc2nnc(-c3ccccc3F)n2C2CC2)CC1. The molecule has 0 radical (unpaired) electrons. The number of carbonyl (C=O) groups excluding carboxylic acids is 1. The first kappa shape index (κ1) is 22.1. The van der Waals surface area contributed by atoms with Crippen LogP contribution in [0.1, 0.15) is 37.4 Å². The van der Waals surface area contributed by atoms with Gasteiger partial charge in [0, 0.05) is 38.3 Å². The lowest BCUT2D eigenvalue weighted by Gasteiger charge is -2.38. The minimum Gasteiger partial charge on any atom is -0.339 e. The van der Waals surface area contributed by atoms with Crippen LogP contribution in [-0.4, -0.2) is 62.4 Å². The molecule has 1 atom stereocenters. The Morgan fingerprint density at radius 3 is 2.42 bits per heavy atom. The van der Waals surface area contributed by atoms with Gasteiger partial charge in [0.25, 0.3) is 0 Å². The van der Waals surface area contributed by atoms with Gasteiger partial charge in [-0.05, 0) is 37.5 Å². The van der Waals surface area contributed by atoms with Gasteiger partial charge in [0.15, 0.2) is 11.0 Å². The van der Waals surface area contributed by atoms with E-state index < -0.39 is 0 Å². The number of amides is 1. The van der Waals surface area contributed by atoms with Crippen molar-refractivity contribution < 1.29 is 9.18 Å². The van der Waals surface area contributed by atoms with Crippen LogP contribution in [0.3, 0.4) is 0 Å². The van der Waals surface area contributed by atoms with Crippen LogP contribution in [0.15, 0.2) is 59.8 Å². The largest absolute Gasteiger partial charge is 0.339 e. The van der Waals surface area contributed by atoms with Gasteiger partial charge < -0.3 is 4.90 Å². The Balaban J connectivity index is 1.20. The molecule has 2 aliphatic rings. The van der Waals surface area contributed by atoms with Crippen molar-refractivity contribution in [3.05, 3.63) is 66.0 Å². The normalized spacial score (nSPS) is 17.8. The van der Waals surface area contributed by atoms with E-state index in [1.165, 1.54) is 23.4 Å². The second-order valence-electron chi connectivity index (χ2n) is 8.68. The lowest BCUT2D eigenvalue weighted by atomic mass is 10.1. The van der Waals surface area contributed by atoms with Crippen molar-refractivity contribution >= 4 is 17.7 Å². The Hall–Kier alpha value is -2.71. The predicted octanol–water partition coefficient (Wildman–Crippen LogP) is 4.42. The van der Waals surface area contributed by atoms with Crippen LogP contribution in [-0.2, 0) is 4.79 Å². The highest BCUT2D eigenvalue weighted by Crippen LogP contribution is 2.41. The van der Waals surface area contributed by atoms with Gasteiger partial charge in [0.2, 0.25) is 5.91 Å². The lowest BCUT2D eigenvalue weighted by Crippen LogP contribution is -2.49. The maximum Gasteiger partial charge on any atom is 0.233 e. The summed E-state index contributed by atoms with van der Waals surface area (Å²) in [5.74, 6) is 0.678. The molecule has 1 aliphatic carbocycles. The summed E-state index contributed by atoms with van der Waals surface area (Å²) in [6.45, 7) is 5.41. The van der Waals surface area contributed by atoms with Gasteiger partial charge in [0.05, 0.1) is 11.3 Å².